The number of rotatable bonds is 4. The topological polar surface area (TPSA) is 78.2 Å². The predicted molar refractivity (Wildman–Crippen MR) is 88.3 cm³/mol. The van der Waals surface area contributed by atoms with E-state index in [4.69, 9.17) is 9.47 Å². The summed E-state index contributed by atoms with van der Waals surface area (Å²) in [6.07, 6.45) is 7.75. The van der Waals surface area contributed by atoms with Crippen LogP contribution < -0.4 is 14.4 Å². The van der Waals surface area contributed by atoms with Crippen molar-refractivity contribution in [1.82, 2.24) is 24.5 Å². The summed E-state index contributed by atoms with van der Waals surface area (Å²) >= 11 is 0. The van der Waals surface area contributed by atoms with Gasteiger partial charge in [0, 0.05) is 26.2 Å². The first-order chi connectivity index (χ1) is 11.7. The molecule has 1 aliphatic rings. The minimum Gasteiger partial charge on any atom is -0.494 e. The van der Waals surface area contributed by atoms with E-state index in [1.54, 1.807) is 25.8 Å². The molecule has 0 radical (unpaired) electrons. The van der Waals surface area contributed by atoms with Crippen LogP contribution in [0.15, 0.2) is 31.0 Å². The van der Waals surface area contributed by atoms with Crippen molar-refractivity contribution in [2.75, 3.05) is 25.1 Å². The largest absolute Gasteiger partial charge is 0.494 e. The van der Waals surface area contributed by atoms with Gasteiger partial charge in [-0.2, -0.15) is 9.97 Å². The van der Waals surface area contributed by atoms with Crippen LogP contribution in [0.2, 0.25) is 0 Å². The van der Waals surface area contributed by atoms with E-state index in [9.17, 15) is 0 Å². The van der Waals surface area contributed by atoms with Crippen LogP contribution in [0.1, 0.15) is 6.42 Å². The third-order valence-corrected chi connectivity index (χ3v) is 4.20. The molecule has 8 heteroatoms. The Balaban J connectivity index is 1.49. The van der Waals surface area contributed by atoms with Crippen LogP contribution in [0.4, 0.5) is 5.82 Å². The van der Waals surface area contributed by atoms with E-state index in [2.05, 4.69) is 24.8 Å². The van der Waals surface area contributed by atoms with Crippen molar-refractivity contribution in [3.8, 4) is 11.8 Å². The Morgan fingerprint density at radius 3 is 2.79 bits per heavy atom. The zero-order valence-corrected chi connectivity index (χ0v) is 13.6. The van der Waals surface area contributed by atoms with Crippen molar-refractivity contribution in [1.29, 1.82) is 0 Å². The molecule has 124 valence electrons. The number of fused-ring (bicyclic) bond motifs is 1. The van der Waals surface area contributed by atoms with Gasteiger partial charge in [0.2, 0.25) is 0 Å². The zero-order valence-electron chi connectivity index (χ0n) is 13.6. The Morgan fingerprint density at radius 1 is 1.17 bits per heavy atom. The summed E-state index contributed by atoms with van der Waals surface area (Å²) in [5.41, 5.74) is 0.933. The zero-order chi connectivity index (χ0) is 16.5. The quantitative estimate of drug-likeness (QED) is 0.717. The first kappa shape index (κ1) is 14.7. The van der Waals surface area contributed by atoms with Gasteiger partial charge >= 0.3 is 6.01 Å². The highest BCUT2D eigenvalue weighted by Crippen LogP contribution is 2.27. The van der Waals surface area contributed by atoms with Crippen molar-refractivity contribution in [3.05, 3.63) is 31.0 Å². The molecule has 0 N–H and O–H groups in total. The van der Waals surface area contributed by atoms with Crippen LogP contribution >= 0.6 is 0 Å². The van der Waals surface area contributed by atoms with Crippen LogP contribution in [0.3, 0.4) is 0 Å². The molecule has 3 aromatic rings. The number of anilines is 1. The molecule has 0 saturated carbocycles. The van der Waals surface area contributed by atoms with Crippen molar-refractivity contribution in [2.45, 2.75) is 12.5 Å². The number of aryl methyl sites for hydroxylation is 1. The number of aromatic nitrogens is 5. The lowest BCUT2D eigenvalue weighted by molar-refractivity contribution is 0.205. The van der Waals surface area contributed by atoms with E-state index in [1.165, 1.54) is 0 Å². The molecule has 4 rings (SSSR count). The van der Waals surface area contributed by atoms with Gasteiger partial charge in [-0.05, 0) is 6.07 Å². The molecule has 1 fully saturated rings. The average molecular weight is 326 g/mol. The number of hydrogen-bond donors (Lipinski definition) is 0. The van der Waals surface area contributed by atoms with Gasteiger partial charge in [-0.1, -0.05) is 0 Å². The standard InChI is InChI=1S/C16H18N6O2/c1-21-5-4-13-14(21)19-10-20-15(13)22-6-3-11(9-22)24-16-17-7-12(23-2)8-18-16/h4-5,7-8,10-11H,3,6,9H2,1-2H3. The van der Waals surface area contributed by atoms with Crippen molar-refractivity contribution >= 4 is 16.9 Å². The monoisotopic (exact) mass is 326 g/mol. The Bertz CT molecular complexity index is 847. The maximum atomic E-state index is 5.88. The second-order valence-electron chi connectivity index (χ2n) is 5.74. The molecule has 4 heterocycles. The Kier molecular flexibility index (Phi) is 3.64. The first-order valence-corrected chi connectivity index (χ1v) is 7.78. The van der Waals surface area contributed by atoms with Crippen molar-refractivity contribution in [3.63, 3.8) is 0 Å². The number of ether oxygens (including phenoxy) is 2. The van der Waals surface area contributed by atoms with E-state index >= 15 is 0 Å². The molecule has 1 saturated heterocycles. The van der Waals surface area contributed by atoms with Gasteiger partial charge in [-0.25, -0.2) is 9.97 Å². The van der Waals surface area contributed by atoms with E-state index in [1.807, 2.05) is 23.9 Å². The summed E-state index contributed by atoms with van der Waals surface area (Å²) in [5.74, 6) is 1.56. The van der Waals surface area contributed by atoms with Gasteiger partial charge in [-0.3, -0.25) is 0 Å². The van der Waals surface area contributed by atoms with Crippen LogP contribution in [0.25, 0.3) is 11.0 Å². The second kappa shape index (κ2) is 5.95. The number of nitrogens with zero attached hydrogens (tertiary/aromatic N) is 6. The average Bonchev–Trinajstić information content (AvgIpc) is 3.23. The smallest absolute Gasteiger partial charge is 0.316 e. The Labute approximate surface area is 139 Å². The predicted octanol–water partition coefficient (Wildman–Crippen LogP) is 1.42. The van der Waals surface area contributed by atoms with Crippen LogP contribution in [-0.2, 0) is 7.05 Å². The summed E-state index contributed by atoms with van der Waals surface area (Å²) in [6.45, 7) is 1.62. The van der Waals surface area contributed by atoms with Crippen LogP contribution in [0.5, 0.6) is 11.8 Å². The Hall–Kier alpha value is -2.90. The van der Waals surface area contributed by atoms with Gasteiger partial charge in [0.25, 0.3) is 0 Å². The van der Waals surface area contributed by atoms with Crippen LogP contribution in [0, 0.1) is 0 Å². The van der Waals surface area contributed by atoms with E-state index in [0.717, 1.165) is 36.4 Å². The second-order valence-corrected chi connectivity index (χ2v) is 5.74. The first-order valence-electron chi connectivity index (χ1n) is 7.78. The summed E-state index contributed by atoms with van der Waals surface area (Å²) in [7, 11) is 3.57. The third kappa shape index (κ3) is 2.60. The number of hydrogen-bond acceptors (Lipinski definition) is 7. The van der Waals surface area contributed by atoms with E-state index in [-0.39, 0.29) is 6.10 Å². The highest BCUT2D eigenvalue weighted by atomic mass is 16.5. The van der Waals surface area contributed by atoms with Gasteiger partial charge in [0.1, 0.15) is 23.9 Å². The van der Waals surface area contributed by atoms with Crippen LogP contribution in [-0.4, -0.2) is 50.8 Å². The highest BCUT2D eigenvalue weighted by Gasteiger charge is 2.27. The molecule has 0 spiro atoms. The van der Waals surface area contributed by atoms with Crippen molar-refractivity contribution < 1.29 is 9.47 Å². The summed E-state index contributed by atoms with van der Waals surface area (Å²) in [4.78, 5) is 19.3. The molecule has 1 aliphatic heterocycles. The fraction of sp³-hybridized carbons (Fsp3) is 0.375. The minimum atomic E-state index is 0.0344. The highest BCUT2D eigenvalue weighted by molar-refractivity contribution is 5.87. The number of methoxy groups -OCH3 is 1. The van der Waals surface area contributed by atoms with Gasteiger partial charge in [0.15, 0.2) is 5.75 Å². The molecule has 0 aliphatic carbocycles. The molecular weight excluding hydrogens is 308 g/mol. The van der Waals surface area contributed by atoms with Gasteiger partial charge in [-0.15, -0.1) is 0 Å². The van der Waals surface area contributed by atoms with E-state index in [0.29, 0.717) is 11.8 Å². The lowest BCUT2D eigenvalue weighted by atomic mass is 10.3. The summed E-state index contributed by atoms with van der Waals surface area (Å²) in [6, 6.07) is 2.42. The SMILES string of the molecule is COc1cnc(OC2CCN(c3ncnc4c3ccn4C)C2)nc1. The maximum Gasteiger partial charge on any atom is 0.316 e. The molecule has 0 amide bonds. The lowest BCUT2D eigenvalue weighted by Gasteiger charge is -2.18. The normalized spacial score (nSPS) is 17.4. The summed E-state index contributed by atoms with van der Waals surface area (Å²) < 4.78 is 12.9. The summed E-state index contributed by atoms with van der Waals surface area (Å²) in [5, 5.41) is 1.06. The fourth-order valence-corrected chi connectivity index (χ4v) is 2.95. The van der Waals surface area contributed by atoms with Gasteiger partial charge < -0.3 is 18.9 Å². The third-order valence-electron chi connectivity index (χ3n) is 4.20. The molecular formula is C16H18N6O2. The van der Waals surface area contributed by atoms with Crippen molar-refractivity contribution in [2.24, 2.45) is 7.05 Å². The molecule has 0 bridgehead atoms. The molecule has 24 heavy (non-hydrogen) atoms. The molecule has 0 aromatic carbocycles. The Morgan fingerprint density at radius 2 is 2.00 bits per heavy atom. The van der Waals surface area contributed by atoms with Gasteiger partial charge in [0.05, 0.1) is 31.4 Å². The lowest BCUT2D eigenvalue weighted by Crippen LogP contribution is -2.25. The molecule has 8 nitrogen and oxygen atoms in total. The maximum absolute atomic E-state index is 5.88. The minimum absolute atomic E-state index is 0.0344. The molecule has 3 aromatic heterocycles. The van der Waals surface area contributed by atoms with E-state index < -0.39 is 0 Å². The molecule has 1 atom stereocenters. The fourth-order valence-electron chi connectivity index (χ4n) is 2.95. The molecule has 1 unspecified atom stereocenters.